The largest absolute Gasteiger partial charge is 0.508 e. The number of aromatic hydroxyl groups is 1. The molecule has 27 nitrogen and oxygen atoms in total. The first-order valence-electron chi connectivity index (χ1n) is 29.0. The third-order valence-electron chi connectivity index (χ3n) is 14.3. The zero-order chi connectivity index (χ0) is 63.1. The maximum absolute atomic E-state index is 14.3. The molecule has 4 rings (SSSR count). The van der Waals surface area contributed by atoms with Crippen LogP contribution < -0.4 is 54.0 Å². The number of amides is 10. The molecule has 2 unspecified atom stereocenters. The molecule has 0 aliphatic carbocycles. The van der Waals surface area contributed by atoms with Gasteiger partial charge in [-0.1, -0.05) is 62.2 Å². The Hall–Kier alpha value is -8.43. The number of hydrogen-bond donors (Lipinski definition) is 13. The number of guanidine groups is 1. The second-order valence-electron chi connectivity index (χ2n) is 21.3. The number of thioether (sulfide) groups is 1. The van der Waals surface area contributed by atoms with Gasteiger partial charge in [0.1, 0.15) is 29.7 Å². The molecule has 10 amide bonds. The van der Waals surface area contributed by atoms with Crippen LogP contribution >= 0.6 is 11.8 Å². The minimum absolute atomic E-state index is 0.0133. The maximum Gasteiger partial charge on any atom is 0.305 e. The summed E-state index contributed by atoms with van der Waals surface area (Å²) in [6.45, 7) is 1.47. The fourth-order valence-electron chi connectivity index (χ4n) is 9.59. The highest BCUT2D eigenvalue weighted by atomic mass is 32.2. The van der Waals surface area contributed by atoms with Gasteiger partial charge in [0.15, 0.2) is 11.7 Å². The van der Waals surface area contributed by atoms with Gasteiger partial charge in [-0.05, 0) is 74.6 Å². The number of Topliss-reactive ketones (excluding diaryl/α,β-unsaturated/α-hetero) is 2. The van der Waals surface area contributed by atoms with Crippen LogP contribution in [0.1, 0.15) is 121 Å². The van der Waals surface area contributed by atoms with Gasteiger partial charge in [0.25, 0.3) is 0 Å². The third-order valence-corrected chi connectivity index (χ3v) is 15.6. The second kappa shape index (κ2) is 37.1. The summed E-state index contributed by atoms with van der Waals surface area (Å²) in [5, 5.41) is 46.7. The molecule has 86 heavy (non-hydrogen) atoms. The minimum atomic E-state index is -1.53. The molecule has 7 atom stereocenters. The average molecular weight is 1220 g/mol. The number of unbranched alkanes of at least 4 members (excludes halogenated alkanes) is 3. The van der Waals surface area contributed by atoms with Crippen LogP contribution in [0.15, 0.2) is 54.6 Å². The summed E-state index contributed by atoms with van der Waals surface area (Å²) >= 11 is 0.970. The van der Waals surface area contributed by atoms with Crippen LogP contribution in [-0.4, -0.2) is 166 Å². The first kappa shape index (κ1) is 70.1. The van der Waals surface area contributed by atoms with E-state index in [2.05, 4.69) is 42.5 Å². The Morgan fingerprint density at radius 1 is 0.686 bits per heavy atom. The molecule has 0 aromatic heterocycles. The zero-order valence-electron chi connectivity index (χ0n) is 48.4. The van der Waals surface area contributed by atoms with E-state index in [1.165, 1.54) is 12.1 Å². The molecule has 2 saturated heterocycles. The Morgan fingerprint density at radius 2 is 1.35 bits per heavy atom. The molecule has 2 heterocycles. The number of likely N-dealkylation sites (tertiary alicyclic amines) is 1. The third kappa shape index (κ3) is 25.8. The van der Waals surface area contributed by atoms with Gasteiger partial charge in [-0.3, -0.25) is 72.6 Å². The number of nitrogens with two attached hydrogens (primary N) is 2. The SMILES string of the molecule is CCCC(=O)N[C@@H](Cc1ccc(O)cc1)C(=O)NCCCCCC(=O)N[C@@H](CSC1CC(=O)N(CCC(=O)NCCCCC2CC(=O)[C@@H](Cc3ccccc3)CC(=O)[C@@H](CC(=O)O)NC(=O)CNC(=O)[C@H](CCCNC(=N)N)NC2=O)C1=O)C(N)=O. The lowest BCUT2D eigenvalue weighted by Gasteiger charge is -2.24. The highest BCUT2D eigenvalue weighted by Gasteiger charge is 2.40. The molecule has 2 aromatic carbocycles. The predicted molar refractivity (Wildman–Crippen MR) is 315 cm³/mol. The number of primary amides is 1. The van der Waals surface area contributed by atoms with E-state index in [1.807, 2.05) is 6.92 Å². The summed E-state index contributed by atoms with van der Waals surface area (Å²) in [6.07, 6.45) is 1.43. The molecule has 2 aliphatic rings. The second-order valence-corrected chi connectivity index (χ2v) is 22.5. The van der Waals surface area contributed by atoms with E-state index in [0.717, 1.165) is 22.2 Å². The van der Waals surface area contributed by atoms with Gasteiger partial charge in [-0.15, -0.1) is 11.8 Å². The van der Waals surface area contributed by atoms with Crippen LogP contribution in [-0.2, 0) is 75.2 Å². The highest BCUT2D eigenvalue weighted by molar-refractivity contribution is 8.00. The van der Waals surface area contributed by atoms with Gasteiger partial charge in [-0.2, -0.15) is 0 Å². The number of nitrogens with zero attached hydrogens (tertiary/aromatic N) is 1. The molecule has 470 valence electrons. The number of carbonyl (C=O) groups excluding carboxylic acids is 12. The first-order valence-corrected chi connectivity index (χ1v) is 30.0. The number of benzene rings is 2. The molecule has 0 spiro atoms. The van der Waals surface area contributed by atoms with Crippen molar-refractivity contribution in [2.24, 2.45) is 23.3 Å². The molecular weight excluding hydrogens is 1140 g/mol. The summed E-state index contributed by atoms with van der Waals surface area (Å²) < 4.78 is 0. The summed E-state index contributed by atoms with van der Waals surface area (Å²) in [7, 11) is 0. The van der Waals surface area contributed by atoms with E-state index in [4.69, 9.17) is 16.9 Å². The van der Waals surface area contributed by atoms with Crippen molar-refractivity contribution in [2.75, 3.05) is 38.5 Å². The lowest BCUT2D eigenvalue weighted by atomic mass is 9.83. The number of ketones is 2. The van der Waals surface area contributed by atoms with E-state index in [1.54, 1.807) is 42.5 Å². The van der Waals surface area contributed by atoms with Crippen LogP contribution in [0.2, 0.25) is 0 Å². The molecular formula is C58H82N12O15S. The van der Waals surface area contributed by atoms with E-state index in [-0.39, 0.29) is 126 Å². The van der Waals surface area contributed by atoms with E-state index >= 15 is 0 Å². The fourth-order valence-corrected chi connectivity index (χ4v) is 10.8. The topological polar surface area (TPSA) is 438 Å². The lowest BCUT2D eigenvalue weighted by Crippen LogP contribution is -2.52. The first-order chi connectivity index (χ1) is 41.0. The molecule has 2 fully saturated rings. The zero-order valence-corrected chi connectivity index (χ0v) is 49.2. The molecule has 0 bridgehead atoms. The number of phenolic OH excluding ortho intramolecular Hbond substituents is 1. The minimum Gasteiger partial charge on any atom is -0.508 e. The number of rotatable bonds is 33. The van der Waals surface area contributed by atoms with E-state index in [9.17, 15) is 72.5 Å². The Balaban J connectivity index is 1.26. The normalized spacial score (nSPS) is 19.3. The monoisotopic (exact) mass is 1220 g/mol. The van der Waals surface area contributed by atoms with Gasteiger partial charge >= 0.3 is 5.97 Å². The summed E-state index contributed by atoms with van der Waals surface area (Å²) in [5.41, 5.74) is 12.4. The number of carboxylic acids is 1. The van der Waals surface area contributed by atoms with Crippen LogP contribution in [0.25, 0.3) is 0 Å². The Kier molecular flexibility index (Phi) is 30.2. The number of aliphatic carboxylic acids is 1. The van der Waals surface area contributed by atoms with Crippen molar-refractivity contribution in [1.29, 1.82) is 5.41 Å². The number of imide groups is 1. The lowest BCUT2D eigenvalue weighted by molar-refractivity contribution is -0.141. The van der Waals surface area contributed by atoms with Crippen molar-refractivity contribution >= 4 is 94.3 Å². The number of phenols is 1. The summed E-state index contributed by atoms with van der Waals surface area (Å²) in [5.74, 6) is -10.9. The van der Waals surface area contributed by atoms with Crippen molar-refractivity contribution in [3.8, 4) is 5.75 Å². The van der Waals surface area contributed by atoms with Gasteiger partial charge in [0.05, 0.1) is 24.3 Å². The van der Waals surface area contributed by atoms with Crippen LogP contribution in [0, 0.1) is 17.2 Å². The van der Waals surface area contributed by atoms with Crippen molar-refractivity contribution in [3.63, 3.8) is 0 Å². The Morgan fingerprint density at radius 3 is 2.03 bits per heavy atom. The summed E-state index contributed by atoms with van der Waals surface area (Å²) in [6, 6.07) is 10.3. The number of hydrogen-bond acceptors (Lipinski definition) is 16. The van der Waals surface area contributed by atoms with Crippen LogP contribution in [0.3, 0.4) is 0 Å². The standard InChI is InChI=1S/C58H82N12O15S/c1-2-12-48(75)67-42(28-36-18-20-39(71)21-19-36)56(84)63-24-9-4-7-17-49(76)68-43(53(59)81)34-86-46-32-51(78)70(57(46)85)26-22-47(74)62-23-10-8-15-37-29-44(72)38(27-35-13-5-3-6-14-35)30-45(73)41(31-52(79)80)66-50(77)33-65-55(83)40(69-54(37)82)16-11-25-64-58(60)61/h3,5-6,13-14,18-21,37-38,40-43,46,71H,2,4,7-12,15-17,22-34H2,1H3,(H2,59,81)(H,62,74)(H,63,84)(H,65,83)(H,66,77)(H,67,75)(H,68,76)(H,69,82)(H,79,80)(H4,60,61,64)/t37?,38-,40-,41+,42-,43-,46?/m0/s1. The van der Waals surface area contributed by atoms with E-state index in [0.29, 0.717) is 37.7 Å². The molecule has 28 heteroatoms. The van der Waals surface area contributed by atoms with Gasteiger partial charge in [0.2, 0.25) is 59.1 Å². The van der Waals surface area contributed by atoms with Gasteiger partial charge in [0, 0.05) is 88.7 Å². The molecule has 0 saturated carbocycles. The van der Waals surface area contributed by atoms with Crippen LogP contribution in [0.5, 0.6) is 5.75 Å². The van der Waals surface area contributed by atoms with Crippen molar-refractivity contribution in [1.82, 2.24) is 47.4 Å². The van der Waals surface area contributed by atoms with Crippen molar-refractivity contribution in [3.05, 3.63) is 65.7 Å². The Labute approximate surface area is 503 Å². The molecule has 2 aromatic rings. The van der Waals surface area contributed by atoms with Gasteiger partial charge in [-0.25, -0.2) is 0 Å². The smallest absolute Gasteiger partial charge is 0.305 e. The van der Waals surface area contributed by atoms with Crippen molar-refractivity contribution < 1.29 is 72.5 Å². The highest BCUT2D eigenvalue weighted by Crippen LogP contribution is 2.27. The average Bonchev–Trinajstić information content (AvgIpc) is 3.45. The predicted octanol–water partition coefficient (Wildman–Crippen LogP) is -0.366. The van der Waals surface area contributed by atoms with E-state index < -0.39 is 125 Å². The number of carboxylic acid groups (broad SMARTS) is 1. The molecule has 2 aliphatic heterocycles. The maximum atomic E-state index is 14.3. The van der Waals surface area contributed by atoms with Crippen LogP contribution in [0.4, 0.5) is 0 Å². The molecule has 0 radical (unpaired) electrons. The van der Waals surface area contributed by atoms with Crippen molar-refractivity contribution in [2.45, 2.75) is 152 Å². The van der Waals surface area contributed by atoms with Gasteiger partial charge < -0.3 is 64.2 Å². The quantitative estimate of drug-likeness (QED) is 0.0188. The summed E-state index contributed by atoms with van der Waals surface area (Å²) in [4.78, 5) is 171. The number of carbonyl (C=O) groups is 13. The Bertz CT molecular complexity index is 2720. The number of nitrogens with one attached hydrogen (secondary N) is 9. The molecule has 15 N–H and O–H groups in total. The fraction of sp³-hybridized carbons (Fsp3) is 0.552.